The molecule has 76 valence electrons. The van der Waals surface area contributed by atoms with E-state index in [0.29, 0.717) is 6.07 Å². The fraction of sp³-hybridized carbons (Fsp3) is 0.125. The first kappa shape index (κ1) is 11.2. The summed E-state index contributed by atoms with van der Waals surface area (Å²) in [7, 11) is 0. The minimum atomic E-state index is -4.61. The third kappa shape index (κ3) is 2.56. The molecule has 0 saturated heterocycles. The summed E-state index contributed by atoms with van der Waals surface area (Å²) in [5, 5.41) is 10.5. The van der Waals surface area contributed by atoms with E-state index >= 15 is 0 Å². The number of nitriles is 1. The fourth-order valence-corrected chi connectivity index (χ4v) is 1.03. The average Bonchev–Trinajstić information content (AvgIpc) is 2.17. The van der Waals surface area contributed by atoms with Gasteiger partial charge in [-0.05, 0) is 0 Å². The van der Waals surface area contributed by atoms with E-state index in [1.807, 2.05) is 0 Å². The molecule has 1 heterocycles. The van der Waals surface area contributed by atoms with Crippen molar-refractivity contribution in [3.63, 3.8) is 0 Å². The summed E-state index contributed by atoms with van der Waals surface area (Å²) >= 11 is 0. The van der Waals surface area contributed by atoms with Crippen molar-refractivity contribution in [3.8, 4) is 6.07 Å². The molecule has 0 atom stereocenters. The number of nitrogens with one attached hydrogen (secondary N) is 1. The van der Waals surface area contributed by atoms with Gasteiger partial charge in [0.25, 0.3) is 0 Å². The normalized spacial score (nSPS) is 10.3. The predicted molar refractivity (Wildman–Crippen MR) is 47.2 cm³/mol. The molecule has 1 aromatic heterocycles. The number of carbonyl (C=O) groups excluding carboxylic acids is 1. The average molecular weight is 212 g/mol. The summed E-state index contributed by atoms with van der Waals surface area (Å²) in [6.45, 7) is 1.01. The summed E-state index contributed by atoms with van der Waals surface area (Å²) in [5.74, 6) is 1.22. The van der Waals surface area contributed by atoms with E-state index in [2.05, 4.69) is 5.32 Å². The molecule has 1 amide bonds. The van der Waals surface area contributed by atoms with Gasteiger partial charge in [-0.15, -0.1) is 0 Å². The van der Waals surface area contributed by atoms with Crippen LogP contribution in [-0.4, -0.2) is 13.3 Å². The van der Waals surface area contributed by atoms with Crippen LogP contribution in [0.5, 0.6) is 0 Å². The van der Waals surface area contributed by atoms with Crippen molar-refractivity contribution >= 4 is 19.0 Å². The van der Waals surface area contributed by atoms with Crippen LogP contribution in [0.15, 0.2) is 12.0 Å². The van der Waals surface area contributed by atoms with Crippen molar-refractivity contribution in [1.29, 1.82) is 5.26 Å². The SMILES string of the molecule is N#Cc1bcc(NC=O)cc1C(F)(F)F. The number of amides is 1. The zero-order chi connectivity index (χ0) is 11.5. The number of anilines is 1. The van der Waals surface area contributed by atoms with E-state index in [9.17, 15) is 18.0 Å². The molecule has 0 aliphatic heterocycles. The van der Waals surface area contributed by atoms with Gasteiger partial charge in [0.15, 0.2) is 0 Å². The molecule has 0 saturated carbocycles. The number of hydrogen-bond donors (Lipinski definition) is 1. The molecule has 0 unspecified atom stereocenters. The van der Waals surface area contributed by atoms with E-state index < -0.39 is 17.2 Å². The van der Waals surface area contributed by atoms with Crippen LogP contribution in [0.2, 0.25) is 0 Å². The Balaban J connectivity index is 3.27. The second kappa shape index (κ2) is 4.13. The molecule has 1 rings (SSSR count). The molecule has 0 aliphatic rings. The third-order valence-electron chi connectivity index (χ3n) is 1.67. The number of rotatable bonds is 2. The Morgan fingerprint density at radius 1 is 1.53 bits per heavy atom. The molecule has 0 radical (unpaired) electrons. The zero-order valence-corrected chi connectivity index (χ0v) is 7.30. The molecule has 15 heavy (non-hydrogen) atoms. The molecular weight excluding hydrogens is 208 g/mol. The molecule has 0 aliphatic carbocycles. The van der Waals surface area contributed by atoms with Crippen LogP contribution in [0.25, 0.3) is 0 Å². The van der Waals surface area contributed by atoms with Crippen LogP contribution in [0, 0.1) is 11.3 Å². The van der Waals surface area contributed by atoms with Crippen LogP contribution in [0.3, 0.4) is 0 Å². The first-order valence-electron chi connectivity index (χ1n) is 3.80. The van der Waals surface area contributed by atoms with Gasteiger partial charge in [0.2, 0.25) is 0 Å². The first-order chi connectivity index (χ1) is 6.99. The van der Waals surface area contributed by atoms with Gasteiger partial charge < -0.3 is 0 Å². The van der Waals surface area contributed by atoms with Gasteiger partial charge in [0, 0.05) is 0 Å². The number of halogens is 3. The van der Waals surface area contributed by atoms with Crippen molar-refractivity contribution in [2.45, 2.75) is 6.18 Å². The van der Waals surface area contributed by atoms with Gasteiger partial charge in [-0.1, -0.05) is 0 Å². The van der Waals surface area contributed by atoms with E-state index in [4.69, 9.17) is 5.26 Å². The molecule has 1 aromatic rings. The van der Waals surface area contributed by atoms with E-state index in [1.165, 1.54) is 12.0 Å². The second-order valence-corrected chi connectivity index (χ2v) is 2.63. The molecule has 3 nitrogen and oxygen atoms in total. The van der Waals surface area contributed by atoms with Gasteiger partial charge in [0.05, 0.1) is 0 Å². The van der Waals surface area contributed by atoms with Crippen molar-refractivity contribution < 1.29 is 18.0 Å². The molecule has 0 aromatic carbocycles. The predicted octanol–water partition coefficient (Wildman–Crippen LogP) is 1.48. The Hall–Kier alpha value is -1.84. The molecule has 0 bridgehead atoms. The third-order valence-corrected chi connectivity index (χ3v) is 1.67. The van der Waals surface area contributed by atoms with Crippen molar-refractivity contribution in [2.24, 2.45) is 0 Å². The van der Waals surface area contributed by atoms with Gasteiger partial charge in [0.1, 0.15) is 0 Å². The van der Waals surface area contributed by atoms with Crippen LogP contribution >= 0.6 is 0 Å². The van der Waals surface area contributed by atoms with Crippen LogP contribution < -0.4 is 5.32 Å². The maximum atomic E-state index is 12.4. The van der Waals surface area contributed by atoms with Crippen LogP contribution in [-0.2, 0) is 11.0 Å². The Bertz CT molecular complexity index is 425. The van der Waals surface area contributed by atoms with Gasteiger partial charge in [-0.25, -0.2) is 0 Å². The molecule has 0 fully saturated rings. The fourth-order valence-electron chi connectivity index (χ4n) is 1.03. The topological polar surface area (TPSA) is 52.9 Å². The first-order valence-corrected chi connectivity index (χ1v) is 3.80. The summed E-state index contributed by atoms with van der Waals surface area (Å²) < 4.78 is 37.2. The summed E-state index contributed by atoms with van der Waals surface area (Å²) in [5.41, 5.74) is -1.54. The van der Waals surface area contributed by atoms with E-state index in [0.717, 1.165) is 6.91 Å². The minimum absolute atomic E-state index is 0.00340. The van der Waals surface area contributed by atoms with Crippen molar-refractivity contribution in [2.75, 3.05) is 5.32 Å². The Morgan fingerprint density at radius 3 is 2.67 bits per heavy atom. The second-order valence-electron chi connectivity index (χ2n) is 2.63. The molecule has 1 N–H and O–H groups in total. The molecular formula is C8H4BF3N2O. The number of nitrogens with zero attached hydrogens (tertiary/aromatic N) is 1. The summed E-state index contributed by atoms with van der Waals surface area (Å²) in [4.78, 5) is 10.0. The summed E-state index contributed by atoms with van der Waals surface area (Å²) in [6.07, 6.45) is -4.34. The van der Waals surface area contributed by atoms with E-state index in [1.54, 1.807) is 0 Å². The number of alkyl halides is 3. The summed E-state index contributed by atoms with van der Waals surface area (Å²) in [6, 6.07) is 2.15. The van der Waals surface area contributed by atoms with E-state index in [-0.39, 0.29) is 12.1 Å². The maximum absolute atomic E-state index is 12.4. The number of hydrogen-bond acceptors (Lipinski definition) is 2. The van der Waals surface area contributed by atoms with Gasteiger partial charge in [-0.2, -0.15) is 0 Å². The number of carbonyl (C=O) groups is 1. The Labute approximate surface area is 83.7 Å². The van der Waals surface area contributed by atoms with Crippen molar-refractivity contribution in [1.82, 2.24) is 0 Å². The zero-order valence-electron chi connectivity index (χ0n) is 7.30. The Morgan fingerprint density at radius 2 is 2.20 bits per heavy atom. The van der Waals surface area contributed by atoms with Crippen LogP contribution in [0.1, 0.15) is 11.0 Å². The Kier molecular flexibility index (Phi) is 3.09. The van der Waals surface area contributed by atoms with Gasteiger partial charge in [-0.3, -0.25) is 0 Å². The van der Waals surface area contributed by atoms with Crippen molar-refractivity contribution in [3.05, 3.63) is 23.1 Å². The quantitative estimate of drug-likeness (QED) is 0.754. The molecule has 0 spiro atoms. The molecule has 7 heteroatoms. The monoisotopic (exact) mass is 212 g/mol. The van der Waals surface area contributed by atoms with Gasteiger partial charge >= 0.3 is 82.8 Å². The van der Waals surface area contributed by atoms with Crippen LogP contribution in [0.4, 0.5) is 18.9 Å². The standard InChI is InChI=1S/C8H4BF3N2O/c10-8(11,12)6-1-5(14-4-15)2-9-7(6)3-13/h1-2,4H,(H,14,15).